The van der Waals surface area contributed by atoms with Crippen molar-refractivity contribution in [3.8, 4) is 5.75 Å². The molecule has 0 radical (unpaired) electrons. The monoisotopic (exact) mass is 197 g/mol. The van der Waals surface area contributed by atoms with Crippen molar-refractivity contribution in [3.63, 3.8) is 0 Å². The Bertz CT molecular complexity index is 388. The van der Waals surface area contributed by atoms with Crippen molar-refractivity contribution in [2.75, 3.05) is 5.32 Å². The lowest BCUT2D eigenvalue weighted by Gasteiger charge is -2.10. The quantitative estimate of drug-likeness (QED) is 0.677. The number of carbonyl (C=O) groups is 1. The van der Waals surface area contributed by atoms with E-state index in [0.717, 1.165) is 0 Å². The highest BCUT2D eigenvalue weighted by molar-refractivity contribution is 5.89. The molecule has 0 heterocycles. The number of aryl methyl sites for hydroxylation is 1. The first-order valence-corrected chi connectivity index (χ1v) is 4.19. The van der Waals surface area contributed by atoms with Crippen LogP contribution < -0.4 is 5.32 Å². The minimum absolute atomic E-state index is 0.0726. The number of phenolic OH excluding ortho intramolecular Hbond substituents is 1. The summed E-state index contributed by atoms with van der Waals surface area (Å²) in [7, 11) is 0. The molecule has 14 heavy (non-hydrogen) atoms. The van der Waals surface area contributed by atoms with Gasteiger partial charge in [0.05, 0.1) is 5.69 Å². The van der Waals surface area contributed by atoms with Crippen LogP contribution in [0.1, 0.15) is 18.1 Å². The summed E-state index contributed by atoms with van der Waals surface area (Å²) in [6.45, 7) is 4.41. The van der Waals surface area contributed by atoms with Crippen molar-refractivity contribution >= 4 is 11.6 Å². The maximum absolute atomic E-state index is 13.4. The Labute approximate surface area is 81.6 Å². The third-order valence-corrected chi connectivity index (χ3v) is 1.97. The van der Waals surface area contributed by atoms with E-state index in [1.165, 1.54) is 19.9 Å². The second-order valence-corrected chi connectivity index (χ2v) is 3.21. The molecule has 4 heteroatoms. The number of nitrogens with one attached hydrogen (secondary N) is 1. The normalized spacial score (nSPS) is 10.0. The van der Waals surface area contributed by atoms with Gasteiger partial charge in [0.15, 0.2) is 5.82 Å². The molecule has 0 aliphatic heterocycles. The molecule has 1 aromatic rings. The first kappa shape index (κ1) is 10.5. The van der Waals surface area contributed by atoms with Gasteiger partial charge in [-0.05, 0) is 25.5 Å². The largest absolute Gasteiger partial charge is 0.507 e. The fourth-order valence-electron chi connectivity index (χ4n) is 1.23. The second kappa shape index (κ2) is 3.65. The van der Waals surface area contributed by atoms with Gasteiger partial charge < -0.3 is 10.4 Å². The Kier molecular flexibility index (Phi) is 2.74. The summed E-state index contributed by atoms with van der Waals surface area (Å²) in [5.74, 6) is -1.01. The van der Waals surface area contributed by atoms with Crippen molar-refractivity contribution in [2.45, 2.75) is 20.8 Å². The van der Waals surface area contributed by atoms with Gasteiger partial charge in [-0.15, -0.1) is 0 Å². The number of hydrogen-bond acceptors (Lipinski definition) is 2. The number of benzene rings is 1. The van der Waals surface area contributed by atoms with Gasteiger partial charge in [-0.25, -0.2) is 4.39 Å². The summed E-state index contributed by atoms with van der Waals surface area (Å²) >= 11 is 0. The standard InChI is InChI=1S/C10H12FNO2/c1-5-4-8(12-7(3)13)9(11)6(2)10(5)14/h4,14H,1-3H3,(H,12,13). The third kappa shape index (κ3) is 1.84. The molecule has 0 saturated carbocycles. The SMILES string of the molecule is CC(=O)Nc1cc(C)c(O)c(C)c1F. The Morgan fingerprint density at radius 2 is 2.07 bits per heavy atom. The fourth-order valence-corrected chi connectivity index (χ4v) is 1.23. The molecule has 0 aliphatic rings. The van der Waals surface area contributed by atoms with E-state index in [1.54, 1.807) is 6.92 Å². The smallest absolute Gasteiger partial charge is 0.221 e. The van der Waals surface area contributed by atoms with E-state index in [9.17, 15) is 14.3 Å². The van der Waals surface area contributed by atoms with Crippen molar-refractivity contribution in [3.05, 3.63) is 23.0 Å². The van der Waals surface area contributed by atoms with Gasteiger partial charge in [-0.3, -0.25) is 4.79 Å². The number of amides is 1. The van der Waals surface area contributed by atoms with Crippen LogP contribution >= 0.6 is 0 Å². The molecular formula is C10H12FNO2. The van der Waals surface area contributed by atoms with E-state index < -0.39 is 5.82 Å². The molecule has 0 atom stereocenters. The zero-order valence-electron chi connectivity index (χ0n) is 8.31. The van der Waals surface area contributed by atoms with Crippen molar-refractivity contribution in [1.29, 1.82) is 0 Å². The van der Waals surface area contributed by atoms with Gasteiger partial charge in [0.1, 0.15) is 5.75 Å². The topological polar surface area (TPSA) is 49.3 Å². The van der Waals surface area contributed by atoms with E-state index in [0.29, 0.717) is 5.56 Å². The minimum atomic E-state index is -0.594. The Morgan fingerprint density at radius 1 is 1.50 bits per heavy atom. The summed E-state index contributed by atoms with van der Waals surface area (Å²) < 4.78 is 13.4. The highest BCUT2D eigenvalue weighted by Gasteiger charge is 2.12. The summed E-state index contributed by atoms with van der Waals surface area (Å²) in [6, 6.07) is 1.40. The second-order valence-electron chi connectivity index (χ2n) is 3.21. The zero-order chi connectivity index (χ0) is 10.9. The van der Waals surface area contributed by atoms with E-state index in [2.05, 4.69) is 5.32 Å². The predicted molar refractivity (Wildman–Crippen MR) is 51.8 cm³/mol. The lowest BCUT2D eigenvalue weighted by Crippen LogP contribution is -2.08. The molecule has 0 fully saturated rings. The summed E-state index contributed by atoms with van der Waals surface area (Å²) in [6.07, 6.45) is 0. The number of hydrogen-bond donors (Lipinski definition) is 2. The molecule has 76 valence electrons. The number of aromatic hydroxyl groups is 1. The van der Waals surface area contributed by atoms with Crippen LogP contribution in [0.15, 0.2) is 6.07 Å². The molecule has 0 spiro atoms. The Balaban J connectivity index is 3.25. The predicted octanol–water partition coefficient (Wildman–Crippen LogP) is 2.11. The molecule has 2 N–H and O–H groups in total. The van der Waals surface area contributed by atoms with E-state index in [-0.39, 0.29) is 22.9 Å². The average molecular weight is 197 g/mol. The molecular weight excluding hydrogens is 185 g/mol. The number of carbonyl (C=O) groups excluding carboxylic acids is 1. The molecule has 1 amide bonds. The first-order valence-electron chi connectivity index (χ1n) is 4.19. The molecule has 0 saturated heterocycles. The fraction of sp³-hybridized carbons (Fsp3) is 0.300. The number of rotatable bonds is 1. The maximum atomic E-state index is 13.4. The van der Waals surface area contributed by atoms with Crippen molar-refractivity contribution in [1.82, 2.24) is 0 Å². The molecule has 0 aromatic heterocycles. The van der Waals surface area contributed by atoms with Gasteiger partial charge in [-0.2, -0.15) is 0 Å². The van der Waals surface area contributed by atoms with Crippen molar-refractivity contribution < 1.29 is 14.3 Å². The van der Waals surface area contributed by atoms with Crippen LogP contribution in [0.5, 0.6) is 5.75 Å². The van der Waals surface area contributed by atoms with E-state index in [4.69, 9.17) is 0 Å². The lowest BCUT2D eigenvalue weighted by atomic mass is 10.1. The number of halogens is 1. The van der Waals surface area contributed by atoms with Crippen LogP contribution in [-0.4, -0.2) is 11.0 Å². The summed E-state index contributed by atoms with van der Waals surface area (Å²) in [5, 5.41) is 11.7. The van der Waals surface area contributed by atoms with Crippen LogP contribution in [0.4, 0.5) is 10.1 Å². The van der Waals surface area contributed by atoms with Crippen LogP contribution in [-0.2, 0) is 4.79 Å². The zero-order valence-corrected chi connectivity index (χ0v) is 8.31. The van der Waals surface area contributed by atoms with Gasteiger partial charge in [0.25, 0.3) is 0 Å². The van der Waals surface area contributed by atoms with E-state index in [1.807, 2.05) is 0 Å². The van der Waals surface area contributed by atoms with E-state index >= 15 is 0 Å². The Morgan fingerprint density at radius 3 is 2.57 bits per heavy atom. The number of phenols is 1. The van der Waals surface area contributed by atoms with Gasteiger partial charge >= 0.3 is 0 Å². The molecule has 3 nitrogen and oxygen atoms in total. The number of anilines is 1. The highest BCUT2D eigenvalue weighted by Crippen LogP contribution is 2.29. The van der Waals surface area contributed by atoms with Crippen LogP contribution in [0.25, 0.3) is 0 Å². The van der Waals surface area contributed by atoms with Gasteiger partial charge in [0, 0.05) is 12.5 Å². The molecule has 0 unspecified atom stereocenters. The summed E-state index contributed by atoms with van der Waals surface area (Å²) in [4.78, 5) is 10.7. The van der Waals surface area contributed by atoms with Crippen molar-refractivity contribution in [2.24, 2.45) is 0 Å². The molecule has 0 aliphatic carbocycles. The highest BCUT2D eigenvalue weighted by atomic mass is 19.1. The minimum Gasteiger partial charge on any atom is -0.507 e. The van der Waals surface area contributed by atoms with Crippen LogP contribution in [0, 0.1) is 19.7 Å². The Hall–Kier alpha value is -1.58. The molecule has 0 bridgehead atoms. The first-order chi connectivity index (χ1) is 6.43. The van der Waals surface area contributed by atoms with Gasteiger partial charge in [0.2, 0.25) is 5.91 Å². The van der Waals surface area contributed by atoms with Crippen LogP contribution in [0.3, 0.4) is 0 Å². The summed E-state index contributed by atoms with van der Waals surface area (Å²) in [5.41, 5.74) is 0.784. The third-order valence-electron chi connectivity index (χ3n) is 1.97. The molecule has 1 rings (SSSR count). The maximum Gasteiger partial charge on any atom is 0.221 e. The lowest BCUT2D eigenvalue weighted by molar-refractivity contribution is -0.114. The van der Waals surface area contributed by atoms with Gasteiger partial charge in [-0.1, -0.05) is 0 Å². The van der Waals surface area contributed by atoms with Crippen LogP contribution in [0.2, 0.25) is 0 Å². The molecule has 1 aromatic carbocycles. The average Bonchev–Trinajstić information content (AvgIpc) is 2.10.